The first-order chi connectivity index (χ1) is 10.2. The van der Waals surface area contributed by atoms with Crippen molar-refractivity contribution in [2.75, 3.05) is 20.1 Å². The molecule has 2 rings (SSSR count). The van der Waals surface area contributed by atoms with Gasteiger partial charge in [0.15, 0.2) is 0 Å². The molecule has 1 aliphatic carbocycles. The number of nitrogens with one attached hydrogen (secondary N) is 1. The van der Waals surface area contributed by atoms with E-state index in [-0.39, 0.29) is 0 Å². The summed E-state index contributed by atoms with van der Waals surface area (Å²) in [4.78, 5) is 2.63. The van der Waals surface area contributed by atoms with Gasteiger partial charge in [-0.3, -0.25) is 4.90 Å². The van der Waals surface area contributed by atoms with Gasteiger partial charge in [-0.15, -0.1) is 0 Å². The monoisotopic (exact) mass is 288 g/mol. The van der Waals surface area contributed by atoms with Crippen molar-refractivity contribution in [3.63, 3.8) is 0 Å². The topological polar surface area (TPSA) is 15.3 Å². The van der Waals surface area contributed by atoms with E-state index < -0.39 is 0 Å². The molecule has 21 heavy (non-hydrogen) atoms. The van der Waals surface area contributed by atoms with Crippen molar-refractivity contribution < 1.29 is 0 Å². The standard InChI is InChI=1S/C19H32N2/c1-16(2)14-20-15-19(17-10-6-4-7-11-17)21(3)18-12-8-5-9-13-18/h4,6-7,10-11,16,18-20H,5,8-9,12-15H2,1-3H3. The second-order valence-corrected chi connectivity index (χ2v) is 6.94. The first kappa shape index (κ1) is 16.5. The molecule has 1 aromatic carbocycles. The smallest absolute Gasteiger partial charge is 0.0472 e. The van der Waals surface area contributed by atoms with Gasteiger partial charge in [-0.2, -0.15) is 0 Å². The summed E-state index contributed by atoms with van der Waals surface area (Å²) in [6.45, 7) is 6.70. The average molecular weight is 288 g/mol. The lowest BCUT2D eigenvalue weighted by atomic mass is 9.92. The molecular formula is C19H32N2. The van der Waals surface area contributed by atoms with Crippen molar-refractivity contribution in [3.8, 4) is 0 Å². The Balaban J connectivity index is 2.03. The van der Waals surface area contributed by atoms with Crippen LogP contribution >= 0.6 is 0 Å². The van der Waals surface area contributed by atoms with Crippen LogP contribution in [-0.2, 0) is 0 Å². The van der Waals surface area contributed by atoms with E-state index in [1.807, 2.05) is 0 Å². The zero-order valence-corrected chi connectivity index (χ0v) is 14.0. The van der Waals surface area contributed by atoms with Crippen LogP contribution in [0.5, 0.6) is 0 Å². The quantitative estimate of drug-likeness (QED) is 0.807. The minimum absolute atomic E-state index is 0.494. The SMILES string of the molecule is CC(C)CNCC(c1ccccc1)N(C)C1CCCCC1. The number of hydrogen-bond acceptors (Lipinski definition) is 2. The van der Waals surface area contributed by atoms with E-state index in [0.29, 0.717) is 12.0 Å². The Hall–Kier alpha value is -0.860. The zero-order chi connectivity index (χ0) is 15.1. The van der Waals surface area contributed by atoms with Gasteiger partial charge < -0.3 is 5.32 Å². The molecule has 1 N–H and O–H groups in total. The highest BCUT2D eigenvalue weighted by Crippen LogP contribution is 2.28. The Labute approximate surface area is 130 Å². The van der Waals surface area contributed by atoms with Crippen molar-refractivity contribution in [3.05, 3.63) is 35.9 Å². The van der Waals surface area contributed by atoms with Crippen molar-refractivity contribution in [1.29, 1.82) is 0 Å². The predicted octanol–water partition coefficient (Wildman–Crippen LogP) is 4.24. The lowest BCUT2D eigenvalue weighted by molar-refractivity contribution is 0.134. The summed E-state index contributed by atoms with van der Waals surface area (Å²) in [5.41, 5.74) is 1.45. The summed E-state index contributed by atoms with van der Waals surface area (Å²) in [5, 5.41) is 3.66. The highest BCUT2D eigenvalue weighted by atomic mass is 15.2. The van der Waals surface area contributed by atoms with Gasteiger partial charge in [0.1, 0.15) is 0 Å². The molecule has 1 unspecified atom stereocenters. The third-order valence-electron chi connectivity index (χ3n) is 4.72. The summed E-state index contributed by atoms with van der Waals surface area (Å²) >= 11 is 0. The van der Waals surface area contributed by atoms with E-state index in [0.717, 1.165) is 19.1 Å². The van der Waals surface area contributed by atoms with Gasteiger partial charge in [0, 0.05) is 18.6 Å². The van der Waals surface area contributed by atoms with Gasteiger partial charge in [-0.05, 0) is 37.9 Å². The van der Waals surface area contributed by atoms with Crippen LogP contribution in [0.1, 0.15) is 57.6 Å². The summed E-state index contributed by atoms with van der Waals surface area (Å²) in [7, 11) is 2.32. The van der Waals surface area contributed by atoms with Gasteiger partial charge in [0.2, 0.25) is 0 Å². The summed E-state index contributed by atoms with van der Waals surface area (Å²) in [6, 6.07) is 12.3. The Morgan fingerprint density at radius 2 is 1.71 bits per heavy atom. The molecule has 0 heterocycles. The molecule has 118 valence electrons. The first-order valence-corrected chi connectivity index (χ1v) is 8.66. The second kappa shape index (κ2) is 8.55. The molecule has 1 fully saturated rings. The van der Waals surface area contributed by atoms with Gasteiger partial charge in [-0.1, -0.05) is 63.4 Å². The van der Waals surface area contributed by atoms with Gasteiger partial charge in [0.25, 0.3) is 0 Å². The minimum atomic E-state index is 0.494. The molecule has 0 saturated heterocycles. The van der Waals surface area contributed by atoms with Crippen LogP contribution < -0.4 is 5.32 Å². The number of nitrogens with zero attached hydrogens (tertiary/aromatic N) is 1. The van der Waals surface area contributed by atoms with Gasteiger partial charge in [0.05, 0.1) is 0 Å². The molecule has 1 saturated carbocycles. The molecule has 2 nitrogen and oxygen atoms in total. The fraction of sp³-hybridized carbons (Fsp3) is 0.684. The van der Waals surface area contributed by atoms with E-state index in [1.54, 1.807) is 0 Å². The Bertz CT molecular complexity index is 382. The van der Waals surface area contributed by atoms with Crippen LogP contribution in [0.2, 0.25) is 0 Å². The van der Waals surface area contributed by atoms with E-state index in [9.17, 15) is 0 Å². The molecule has 0 aromatic heterocycles. The van der Waals surface area contributed by atoms with E-state index >= 15 is 0 Å². The maximum atomic E-state index is 3.66. The molecule has 2 heteroatoms. The molecule has 1 aliphatic rings. The molecule has 0 amide bonds. The predicted molar refractivity (Wildman–Crippen MR) is 91.5 cm³/mol. The minimum Gasteiger partial charge on any atom is -0.315 e. The normalized spacial score (nSPS) is 18.3. The maximum absolute atomic E-state index is 3.66. The van der Waals surface area contributed by atoms with Crippen LogP contribution in [0.3, 0.4) is 0 Å². The molecule has 0 aliphatic heterocycles. The zero-order valence-electron chi connectivity index (χ0n) is 14.0. The third kappa shape index (κ3) is 5.12. The van der Waals surface area contributed by atoms with Crippen LogP contribution in [-0.4, -0.2) is 31.1 Å². The van der Waals surface area contributed by atoms with E-state index in [4.69, 9.17) is 0 Å². The molecule has 1 aromatic rings. The first-order valence-electron chi connectivity index (χ1n) is 8.66. The number of hydrogen-bond donors (Lipinski definition) is 1. The number of likely N-dealkylation sites (N-methyl/N-ethyl adjacent to an activating group) is 1. The van der Waals surface area contributed by atoms with Gasteiger partial charge in [-0.25, -0.2) is 0 Å². The molecular weight excluding hydrogens is 256 g/mol. The fourth-order valence-electron chi connectivity index (χ4n) is 3.42. The summed E-state index contributed by atoms with van der Waals surface area (Å²) in [5.74, 6) is 0.710. The highest BCUT2D eigenvalue weighted by Gasteiger charge is 2.25. The fourth-order valence-corrected chi connectivity index (χ4v) is 3.42. The van der Waals surface area contributed by atoms with E-state index in [2.05, 4.69) is 61.4 Å². The Morgan fingerprint density at radius 1 is 1.05 bits per heavy atom. The average Bonchev–Trinajstić information content (AvgIpc) is 2.52. The maximum Gasteiger partial charge on any atom is 0.0472 e. The van der Waals surface area contributed by atoms with Gasteiger partial charge >= 0.3 is 0 Å². The van der Waals surface area contributed by atoms with Crippen molar-refractivity contribution in [2.24, 2.45) is 5.92 Å². The molecule has 0 radical (unpaired) electrons. The number of rotatable bonds is 7. The van der Waals surface area contributed by atoms with Crippen molar-refractivity contribution >= 4 is 0 Å². The molecule has 0 spiro atoms. The lowest BCUT2D eigenvalue weighted by Crippen LogP contribution is -2.41. The van der Waals surface area contributed by atoms with Crippen LogP contribution in [0.4, 0.5) is 0 Å². The van der Waals surface area contributed by atoms with Crippen molar-refractivity contribution in [1.82, 2.24) is 10.2 Å². The molecule has 1 atom stereocenters. The van der Waals surface area contributed by atoms with Crippen LogP contribution in [0, 0.1) is 5.92 Å². The molecule has 0 bridgehead atoms. The summed E-state index contributed by atoms with van der Waals surface area (Å²) in [6.07, 6.45) is 6.95. The Morgan fingerprint density at radius 3 is 2.33 bits per heavy atom. The van der Waals surface area contributed by atoms with Crippen LogP contribution in [0.25, 0.3) is 0 Å². The second-order valence-electron chi connectivity index (χ2n) is 6.94. The lowest BCUT2D eigenvalue weighted by Gasteiger charge is -2.37. The summed E-state index contributed by atoms with van der Waals surface area (Å²) < 4.78 is 0. The van der Waals surface area contributed by atoms with Crippen molar-refractivity contribution in [2.45, 2.75) is 58.0 Å². The number of benzene rings is 1. The highest BCUT2D eigenvalue weighted by molar-refractivity contribution is 5.19. The van der Waals surface area contributed by atoms with E-state index in [1.165, 1.54) is 37.7 Å². The largest absolute Gasteiger partial charge is 0.315 e. The third-order valence-corrected chi connectivity index (χ3v) is 4.72. The Kier molecular flexibility index (Phi) is 6.72. The van der Waals surface area contributed by atoms with Crippen LogP contribution in [0.15, 0.2) is 30.3 Å².